The zero-order chi connectivity index (χ0) is 18.2. The van der Waals surface area contributed by atoms with E-state index in [-0.39, 0.29) is 6.61 Å². The van der Waals surface area contributed by atoms with Crippen molar-refractivity contribution < 1.29 is 14.3 Å². The maximum Gasteiger partial charge on any atom is 0.349 e. The highest BCUT2D eigenvalue weighted by Gasteiger charge is 2.06. The van der Waals surface area contributed by atoms with E-state index >= 15 is 0 Å². The molecule has 0 bridgehead atoms. The van der Waals surface area contributed by atoms with E-state index in [9.17, 15) is 4.79 Å². The van der Waals surface area contributed by atoms with E-state index in [1.165, 1.54) is 0 Å². The van der Waals surface area contributed by atoms with E-state index in [4.69, 9.17) is 21.1 Å². The molecule has 2 aromatic carbocycles. The summed E-state index contributed by atoms with van der Waals surface area (Å²) < 4.78 is 10.6. The van der Waals surface area contributed by atoms with Crippen LogP contribution in [0.3, 0.4) is 0 Å². The smallest absolute Gasteiger partial charge is 0.349 e. The van der Waals surface area contributed by atoms with E-state index in [1.54, 1.807) is 48.8 Å². The second-order valence-electron chi connectivity index (χ2n) is 5.40. The van der Waals surface area contributed by atoms with E-state index in [1.807, 2.05) is 36.4 Å². The Kier molecular flexibility index (Phi) is 6.01. The Morgan fingerprint density at radius 1 is 0.846 bits per heavy atom. The summed E-state index contributed by atoms with van der Waals surface area (Å²) in [4.78, 5) is 15.8. The summed E-state index contributed by atoms with van der Waals surface area (Å²) in [5.41, 5.74) is 2.06. The van der Waals surface area contributed by atoms with E-state index < -0.39 is 5.97 Å². The zero-order valence-corrected chi connectivity index (χ0v) is 14.6. The van der Waals surface area contributed by atoms with Crippen LogP contribution < -0.4 is 9.47 Å². The number of nitrogens with zero attached hydrogens (tertiary/aromatic N) is 1. The fourth-order valence-corrected chi connectivity index (χ4v) is 2.27. The monoisotopic (exact) mass is 365 g/mol. The van der Waals surface area contributed by atoms with Gasteiger partial charge in [0.1, 0.15) is 11.5 Å². The molecule has 130 valence electrons. The Morgan fingerprint density at radius 2 is 1.42 bits per heavy atom. The van der Waals surface area contributed by atoms with Gasteiger partial charge in [-0.25, -0.2) is 4.79 Å². The number of halogens is 1. The molecule has 0 saturated heterocycles. The van der Waals surface area contributed by atoms with Gasteiger partial charge >= 0.3 is 5.97 Å². The quantitative estimate of drug-likeness (QED) is 0.461. The minimum atomic E-state index is -0.472. The predicted octanol–water partition coefficient (Wildman–Crippen LogP) is 4.89. The highest BCUT2D eigenvalue weighted by Crippen LogP contribution is 2.17. The molecule has 0 atom stereocenters. The molecular weight excluding hydrogens is 350 g/mol. The zero-order valence-electron chi connectivity index (χ0n) is 13.8. The lowest BCUT2D eigenvalue weighted by atomic mass is 10.1. The summed E-state index contributed by atoms with van der Waals surface area (Å²) in [6.07, 6.45) is 7.45. The number of aromatic nitrogens is 1. The lowest BCUT2D eigenvalue weighted by molar-refractivity contribution is -0.136. The Morgan fingerprint density at radius 3 is 2.08 bits per heavy atom. The number of esters is 1. The molecule has 26 heavy (non-hydrogen) atoms. The van der Waals surface area contributed by atoms with Gasteiger partial charge in [-0.05, 0) is 59.7 Å². The third kappa shape index (κ3) is 5.46. The molecule has 0 spiro atoms. The van der Waals surface area contributed by atoms with Crippen LogP contribution in [0, 0.1) is 0 Å². The molecule has 0 unspecified atom stereocenters. The first-order valence-electron chi connectivity index (χ1n) is 7.96. The van der Waals surface area contributed by atoms with Crippen LogP contribution in [0.5, 0.6) is 11.5 Å². The van der Waals surface area contributed by atoms with E-state index in [0.29, 0.717) is 16.5 Å². The first kappa shape index (κ1) is 17.7. The molecule has 0 amide bonds. The molecular formula is C21H16ClNO3. The van der Waals surface area contributed by atoms with Crippen LogP contribution in [-0.2, 0) is 4.79 Å². The summed E-state index contributed by atoms with van der Waals surface area (Å²) in [5.74, 6) is 0.554. The second-order valence-corrected chi connectivity index (χ2v) is 5.84. The topological polar surface area (TPSA) is 48.4 Å². The van der Waals surface area contributed by atoms with Crippen LogP contribution >= 0.6 is 11.6 Å². The molecule has 0 N–H and O–H groups in total. The number of rotatable bonds is 6. The maximum absolute atomic E-state index is 11.9. The number of ether oxygens (including phenoxy) is 2. The molecule has 0 aliphatic carbocycles. The van der Waals surface area contributed by atoms with E-state index in [0.717, 1.165) is 11.1 Å². The third-order valence-corrected chi connectivity index (χ3v) is 3.71. The number of benzene rings is 2. The molecule has 0 saturated carbocycles. The number of hydrogen-bond donors (Lipinski definition) is 0. The highest BCUT2D eigenvalue weighted by atomic mass is 35.5. The minimum absolute atomic E-state index is 0.175. The van der Waals surface area contributed by atoms with Crippen molar-refractivity contribution in [3.63, 3.8) is 0 Å². The summed E-state index contributed by atoms with van der Waals surface area (Å²) in [7, 11) is 0. The Bertz CT molecular complexity index is 875. The van der Waals surface area contributed by atoms with Gasteiger partial charge in [0.2, 0.25) is 0 Å². The molecule has 0 aliphatic heterocycles. The summed E-state index contributed by atoms with van der Waals surface area (Å²) >= 11 is 5.80. The van der Waals surface area contributed by atoms with Crippen molar-refractivity contribution in [2.75, 3.05) is 6.61 Å². The van der Waals surface area contributed by atoms with Crippen LogP contribution in [0.2, 0.25) is 5.02 Å². The van der Waals surface area contributed by atoms with Crippen LogP contribution in [0.1, 0.15) is 11.1 Å². The summed E-state index contributed by atoms with van der Waals surface area (Å²) in [6.45, 7) is -0.175. The Labute approximate surface area is 156 Å². The molecule has 0 fully saturated rings. The average molecular weight is 366 g/mol. The van der Waals surface area contributed by atoms with E-state index in [2.05, 4.69) is 4.98 Å². The normalized spacial score (nSPS) is 10.7. The first-order chi connectivity index (χ1) is 12.7. The highest BCUT2D eigenvalue weighted by molar-refractivity contribution is 6.30. The first-order valence-corrected chi connectivity index (χ1v) is 8.34. The standard InChI is InChI=1S/C21H16ClNO3/c22-18-5-9-19(10-6-18)25-15-21(24)26-20-7-3-16(4-8-20)1-2-17-11-13-23-14-12-17/h1-14H,15H2/b2-1+. The lowest BCUT2D eigenvalue weighted by Crippen LogP contribution is -2.17. The summed E-state index contributed by atoms with van der Waals surface area (Å²) in [6, 6.07) is 17.9. The van der Waals surface area contributed by atoms with Gasteiger partial charge in [-0.15, -0.1) is 0 Å². The van der Waals surface area contributed by atoms with Crippen molar-refractivity contribution in [2.24, 2.45) is 0 Å². The minimum Gasteiger partial charge on any atom is -0.482 e. The van der Waals surface area contributed by atoms with Crippen molar-refractivity contribution in [1.29, 1.82) is 0 Å². The Balaban J connectivity index is 1.51. The van der Waals surface area contributed by atoms with Gasteiger partial charge in [0.25, 0.3) is 0 Å². The van der Waals surface area contributed by atoms with Gasteiger partial charge in [-0.2, -0.15) is 0 Å². The van der Waals surface area contributed by atoms with Gasteiger partial charge in [0, 0.05) is 17.4 Å². The fourth-order valence-electron chi connectivity index (χ4n) is 2.15. The lowest BCUT2D eigenvalue weighted by Gasteiger charge is -2.07. The van der Waals surface area contributed by atoms with Crippen LogP contribution in [-0.4, -0.2) is 17.6 Å². The van der Waals surface area contributed by atoms with Gasteiger partial charge in [-0.3, -0.25) is 4.98 Å². The van der Waals surface area contributed by atoms with Crippen molar-refractivity contribution in [3.05, 3.63) is 89.2 Å². The van der Waals surface area contributed by atoms with Gasteiger partial charge in [-0.1, -0.05) is 35.9 Å². The molecule has 4 nitrogen and oxygen atoms in total. The molecule has 1 aromatic heterocycles. The van der Waals surface area contributed by atoms with Crippen molar-refractivity contribution in [3.8, 4) is 11.5 Å². The number of carbonyl (C=O) groups is 1. The number of hydrogen-bond acceptors (Lipinski definition) is 4. The summed E-state index contributed by atoms with van der Waals surface area (Å²) in [5, 5.41) is 0.609. The molecule has 3 rings (SSSR count). The second kappa shape index (κ2) is 8.83. The largest absolute Gasteiger partial charge is 0.482 e. The number of pyridine rings is 1. The molecule has 0 radical (unpaired) electrons. The molecule has 5 heteroatoms. The maximum atomic E-state index is 11.9. The van der Waals surface area contributed by atoms with Crippen LogP contribution in [0.25, 0.3) is 12.2 Å². The molecule has 3 aromatic rings. The van der Waals surface area contributed by atoms with Gasteiger partial charge in [0.05, 0.1) is 0 Å². The SMILES string of the molecule is O=C(COc1ccc(Cl)cc1)Oc1ccc(/C=C/c2ccncc2)cc1. The predicted molar refractivity (Wildman–Crippen MR) is 102 cm³/mol. The van der Waals surface area contributed by atoms with Crippen LogP contribution in [0.15, 0.2) is 73.1 Å². The number of carbonyl (C=O) groups excluding carboxylic acids is 1. The van der Waals surface area contributed by atoms with Crippen molar-refractivity contribution in [2.45, 2.75) is 0 Å². The van der Waals surface area contributed by atoms with Crippen molar-refractivity contribution in [1.82, 2.24) is 4.98 Å². The van der Waals surface area contributed by atoms with Gasteiger partial charge < -0.3 is 9.47 Å². The third-order valence-electron chi connectivity index (χ3n) is 3.46. The molecule has 1 heterocycles. The average Bonchev–Trinajstić information content (AvgIpc) is 2.68. The Hall–Kier alpha value is -3.11. The van der Waals surface area contributed by atoms with Gasteiger partial charge in [0.15, 0.2) is 6.61 Å². The molecule has 0 aliphatic rings. The fraction of sp³-hybridized carbons (Fsp3) is 0.0476. The van der Waals surface area contributed by atoms with Crippen LogP contribution in [0.4, 0.5) is 0 Å². The van der Waals surface area contributed by atoms with Crippen molar-refractivity contribution >= 4 is 29.7 Å².